The van der Waals surface area contributed by atoms with Gasteiger partial charge < -0.3 is 10.1 Å². The van der Waals surface area contributed by atoms with Crippen LogP contribution >= 0.6 is 11.8 Å². The predicted molar refractivity (Wildman–Crippen MR) is 108 cm³/mol. The molecule has 27 heavy (non-hydrogen) atoms. The molecule has 1 aromatic heterocycles. The van der Waals surface area contributed by atoms with E-state index in [1.54, 1.807) is 13.3 Å². The average Bonchev–Trinajstić information content (AvgIpc) is 3.14. The van der Waals surface area contributed by atoms with E-state index in [4.69, 9.17) is 4.74 Å². The van der Waals surface area contributed by atoms with Crippen LogP contribution in [-0.2, 0) is 22.7 Å². The first kappa shape index (κ1) is 19.2. The summed E-state index contributed by atoms with van der Waals surface area (Å²) in [6.07, 6.45) is 3.68. The molecule has 140 valence electrons. The number of thioether (sulfide) groups is 1. The van der Waals surface area contributed by atoms with Crippen LogP contribution < -0.4 is 5.32 Å². The number of carbonyl (C=O) groups excluding carboxylic acids is 1. The molecule has 1 amide bonds. The van der Waals surface area contributed by atoms with Gasteiger partial charge in [-0.15, -0.1) is 0 Å². The van der Waals surface area contributed by atoms with Crippen LogP contribution in [0.2, 0.25) is 0 Å². The summed E-state index contributed by atoms with van der Waals surface area (Å²) in [6, 6.07) is 16.1. The molecule has 0 unspecified atom stereocenters. The zero-order chi connectivity index (χ0) is 19.1. The standard InChI is InChI=1S/C21H23N3O2S/c1-16-7-3-6-10-19(16)24-12-11-22-21(24)27-15-20(25)23-13-17-8-4-5-9-18(17)14-26-2/h3-12H,13-15H2,1-2H3,(H,23,25). The van der Waals surface area contributed by atoms with Gasteiger partial charge in [0.1, 0.15) is 0 Å². The van der Waals surface area contributed by atoms with Gasteiger partial charge in [-0.1, -0.05) is 54.2 Å². The Labute approximate surface area is 163 Å². The Morgan fingerprint density at radius 2 is 1.89 bits per heavy atom. The zero-order valence-electron chi connectivity index (χ0n) is 15.5. The van der Waals surface area contributed by atoms with Gasteiger partial charge in [0.05, 0.1) is 18.0 Å². The second-order valence-electron chi connectivity index (χ2n) is 6.13. The van der Waals surface area contributed by atoms with Crippen molar-refractivity contribution in [2.75, 3.05) is 12.9 Å². The fraction of sp³-hybridized carbons (Fsp3) is 0.238. The molecule has 1 heterocycles. The third-order valence-electron chi connectivity index (χ3n) is 4.21. The van der Waals surface area contributed by atoms with Crippen LogP contribution in [-0.4, -0.2) is 28.3 Å². The number of ether oxygens (including phenoxy) is 1. The van der Waals surface area contributed by atoms with Crippen LogP contribution in [0.3, 0.4) is 0 Å². The van der Waals surface area contributed by atoms with E-state index in [9.17, 15) is 4.79 Å². The minimum absolute atomic E-state index is 0.0217. The summed E-state index contributed by atoms with van der Waals surface area (Å²) in [5, 5.41) is 3.78. The molecule has 0 aliphatic heterocycles. The topological polar surface area (TPSA) is 56.1 Å². The second kappa shape index (κ2) is 9.39. The number of carbonyl (C=O) groups is 1. The fourth-order valence-corrected chi connectivity index (χ4v) is 3.61. The normalized spacial score (nSPS) is 10.7. The maximum atomic E-state index is 12.3. The van der Waals surface area contributed by atoms with E-state index in [1.807, 2.05) is 53.2 Å². The van der Waals surface area contributed by atoms with Crippen LogP contribution in [0.4, 0.5) is 0 Å². The van der Waals surface area contributed by atoms with Crippen molar-refractivity contribution in [3.8, 4) is 5.69 Å². The molecule has 0 saturated carbocycles. The van der Waals surface area contributed by atoms with Crippen molar-refractivity contribution in [1.29, 1.82) is 0 Å². The minimum atomic E-state index is -0.0217. The van der Waals surface area contributed by atoms with Crippen LogP contribution in [0.15, 0.2) is 66.1 Å². The summed E-state index contributed by atoms with van der Waals surface area (Å²) in [6.45, 7) is 3.09. The van der Waals surface area contributed by atoms with Crippen molar-refractivity contribution in [1.82, 2.24) is 14.9 Å². The number of hydrogen-bond donors (Lipinski definition) is 1. The molecule has 3 aromatic rings. The van der Waals surface area contributed by atoms with E-state index in [1.165, 1.54) is 11.8 Å². The number of aromatic nitrogens is 2. The van der Waals surface area contributed by atoms with Gasteiger partial charge in [0.2, 0.25) is 5.91 Å². The molecule has 5 nitrogen and oxygen atoms in total. The molecule has 0 atom stereocenters. The minimum Gasteiger partial charge on any atom is -0.380 e. The Hall–Kier alpha value is -2.57. The summed E-state index contributed by atoms with van der Waals surface area (Å²) in [4.78, 5) is 16.7. The van der Waals surface area contributed by atoms with Crippen LogP contribution in [0.25, 0.3) is 5.69 Å². The quantitative estimate of drug-likeness (QED) is 0.604. The first-order chi connectivity index (χ1) is 13.2. The number of nitrogens with zero attached hydrogens (tertiary/aromatic N) is 2. The lowest BCUT2D eigenvalue weighted by Crippen LogP contribution is -2.25. The van der Waals surface area contributed by atoms with Crippen LogP contribution in [0.5, 0.6) is 0 Å². The van der Waals surface area contributed by atoms with Gasteiger partial charge in [0.25, 0.3) is 0 Å². The van der Waals surface area contributed by atoms with Gasteiger partial charge in [0, 0.05) is 26.0 Å². The van der Waals surface area contributed by atoms with Crippen molar-refractivity contribution >= 4 is 17.7 Å². The molecular formula is C21H23N3O2S. The van der Waals surface area contributed by atoms with Crippen LogP contribution in [0, 0.1) is 6.92 Å². The highest BCUT2D eigenvalue weighted by Gasteiger charge is 2.11. The molecule has 0 aliphatic rings. The van der Waals surface area contributed by atoms with Crippen molar-refractivity contribution in [2.24, 2.45) is 0 Å². The van der Waals surface area contributed by atoms with E-state index < -0.39 is 0 Å². The highest BCUT2D eigenvalue weighted by atomic mass is 32.2. The smallest absolute Gasteiger partial charge is 0.230 e. The van der Waals surface area contributed by atoms with E-state index in [2.05, 4.69) is 23.3 Å². The number of benzene rings is 2. The van der Waals surface area contributed by atoms with Gasteiger partial charge in [-0.2, -0.15) is 0 Å². The molecule has 3 rings (SSSR count). The third kappa shape index (κ3) is 4.99. The van der Waals surface area contributed by atoms with Gasteiger partial charge in [-0.3, -0.25) is 9.36 Å². The monoisotopic (exact) mass is 381 g/mol. The number of nitrogens with one attached hydrogen (secondary N) is 1. The summed E-state index contributed by atoms with van der Waals surface area (Å²) in [5.41, 5.74) is 4.39. The molecule has 0 aliphatic carbocycles. The molecular weight excluding hydrogens is 358 g/mol. The Morgan fingerprint density at radius 1 is 1.15 bits per heavy atom. The van der Waals surface area contributed by atoms with Gasteiger partial charge in [-0.25, -0.2) is 4.98 Å². The van der Waals surface area contributed by atoms with Crippen molar-refractivity contribution in [2.45, 2.75) is 25.2 Å². The summed E-state index contributed by atoms with van der Waals surface area (Å²) in [7, 11) is 1.67. The zero-order valence-corrected chi connectivity index (χ0v) is 16.3. The number of amides is 1. The molecule has 0 fully saturated rings. The number of aryl methyl sites for hydroxylation is 1. The highest BCUT2D eigenvalue weighted by molar-refractivity contribution is 7.99. The lowest BCUT2D eigenvalue weighted by Gasteiger charge is -2.11. The Morgan fingerprint density at radius 3 is 2.67 bits per heavy atom. The maximum absolute atomic E-state index is 12.3. The molecule has 0 radical (unpaired) electrons. The van der Waals surface area contributed by atoms with E-state index in [0.717, 1.165) is 27.5 Å². The molecule has 1 N–H and O–H groups in total. The SMILES string of the molecule is COCc1ccccc1CNC(=O)CSc1nccn1-c1ccccc1C. The van der Waals surface area contributed by atoms with Crippen molar-refractivity contribution < 1.29 is 9.53 Å². The molecule has 6 heteroatoms. The molecule has 2 aromatic carbocycles. The fourth-order valence-electron chi connectivity index (χ4n) is 2.81. The largest absolute Gasteiger partial charge is 0.380 e. The number of rotatable bonds is 8. The molecule has 0 bridgehead atoms. The van der Waals surface area contributed by atoms with Gasteiger partial charge >= 0.3 is 0 Å². The molecule has 0 saturated heterocycles. The van der Waals surface area contributed by atoms with E-state index in [0.29, 0.717) is 18.9 Å². The first-order valence-electron chi connectivity index (χ1n) is 8.73. The van der Waals surface area contributed by atoms with Crippen molar-refractivity contribution in [3.05, 3.63) is 77.6 Å². The number of methoxy groups -OCH3 is 1. The average molecular weight is 382 g/mol. The Bertz CT molecular complexity index is 908. The number of imidazole rings is 1. The summed E-state index contributed by atoms with van der Waals surface area (Å²) < 4.78 is 7.22. The van der Waals surface area contributed by atoms with E-state index >= 15 is 0 Å². The second-order valence-corrected chi connectivity index (χ2v) is 7.08. The first-order valence-corrected chi connectivity index (χ1v) is 9.72. The summed E-state index contributed by atoms with van der Waals surface area (Å²) >= 11 is 1.43. The highest BCUT2D eigenvalue weighted by Crippen LogP contribution is 2.22. The van der Waals surface area contributed by atoms with E-state index in [-0.39, 0.29) is 5.91 Å². The Kier molecular flexibility index (Phi) is 6.68. The predicted octanol–water partition coefficient (Wildman–Crippen LogP) is 3.74. The van der Waals surface area contributed by atoms with Crippen LogP contribution in [0.1, 0.15) is 16.7 Å². The van der Waals surface area contributed by atoms with Gasteiger partial charge in [-0.05, 0) is 29.7 Å². The lowest BCUT2D eigenvalue weighted by atomic mass is 10.1. The maximum Gasteiger partial charge on any atom is 0.230 e. The summed E-state index contributed by atoms with van der Waals surface area (Å²) in [5.74, 6) is 0.293. The third-order valence-corrected chi connectivity index (χ3v) is 5.18. The van der Waals surface area contributed by atoms with Crippen molar-refractivity contribution in [3.63, 3.8) is 0 Å². The Balaban J connectivity index is 1.58. The number of hydrogen-bond acceptors (Lipinski definition) is 4. The molecule has 0 spiro atoms. The van der Waals surface area contributed by atoms with Gasteiger partial charge in [0.15, 0.2) is 5.16 Å². The lowest BCUT2D eigenvalue weighted by molar-refractivity contribution is -0.118. The number of para-hydroxylation sites is 1.